The Hall–Kier alpha value is -2.53. The molecule has 0 unspecified atom stereocenters. The number of benzene rings is 1. The molecule has 0 aromatic heterocycles. The maximum absolute atomic E-state index is 12.5. The minimum atomic E-state index is -0.779. The monoisotopic (exact) mass is 327 g/mol. The Labute approximate surface area is 141 Å². The van der Waals surface area contributed by atoms with Crippen molar-refractivity contribution < 1.29 is 19.1 Å². The van der Waals surface area contributed by atoms with Gasteiger partial charge in [-0.3, -0.25) is 19.3 Å². The molecule has 0 atom stereocenters. The van der Waals surface area contributed by atoms with E-state index in [0.29, 0.717) is 6.42 Å². The van der Waals surface area contributed by atoms with E-state index in [2.05, 4.69) is 0 Å². The Morgan fingerprint density at radius 1 is 1.12 bits per heavy atom. The molecule has 0 saturated carbocycles. The zero-order chi connectivity index (χ0) is 17.6. The van der Waals surface area contributed by atoms with Gasteiger partial charge in [0.15, 0.2) is 5.78 Å². The molecule has 2 rings (SSSR count). The van der Waals surface area contributed by atoms with E-state index >= 15 is 0 Å². The van der Waals surface area contributed by atoms with Crippen LogP contribution in [-0.2, 0) is 25.7 Å². The lowest BCUT2D eigenvalue weighted by Crippen LogP contribution is -2.37. The number of rotatable bonds is 6. The number of hydrogen-bond donors (Lipinski definition) is 0. The summed E-state index contributed by atoms with van der Waals surface area (Å²) in [7, 11) is 1.53. The molecule has 1 aromatic rings. The summed E-state index contributed by atoms with van der Waals surface area (Å²) in [5, 5.41) is 0. The van der Waals surface area contributed by atoms with Crippen molar-refractivity contribution in [3.05, 3.63) is 60.2 Å². The first-order chi connectivity index (χ1) is 11.5. The molecule has 0 bridgehead atoms. The second-order valence-corrected chi connectivity index (χ2v) is 5.71. The molecule has 1 aliphatic rings. The van der Waals surface area contributed by atoms with Crippen LogP contribution in [0.4, 0.5) is 0 Å². The van der Waals surface area contributed by atoms with Gasteiger partial charge < -0.3 is 4.74 Å². The summed E-state index contributed by atoms with van der Waals surface area (Å²) in [4.78, 5) is 36.8. The summed E-state index contributed by atoms with van der Waals surface area (Å²) < 4.78 is 5.45. The van der Waals surface area contributed by atoms with Crippen molar-refractivity contribution in [2.24, 2.45) is 0 Å². The second-order valence-electron chi connectivity index (χ2n) is 5.71. The molecule has 0 N–H and O–H groups in total. The number of allylic oxidation sites excluding steroid dienone is 2. The summed E-state index contributed by atoms with van der Waals surface area (Å²) in [6.45, 7) is 1.63. The van der Waals surface area contributed by atoms with Crippen LogP contribution in [-0.4, -0.2) is 35.2 Å². The highest BCUT2D eigenvalue weighted by molar-refractivity contribution is 6.00. The van der Waals surface area contributed by atoms with E-state index in [4.69, 9.17) is 4.74 Å². The SMILES string of the molecule is COC1(CCC(=O)N(Cc2ccccc2)C(C)=O)C=CC(=O)C=C1. The van der Waals surface area contributed by atoms with E-state index in [1.54, 1.807) is 12.2 Å². The van der Waals surface area contributed by atoms with Crippen LogP contribution in [0.2, 0.25) is 0 Å². The fourth-order valence-corrected chi connectivity index (χ4v) is 2.54. The Balaban J connectivity index is 2.03. The average Bonchev–Trinajstić information content (AvgIpc) is 2.60. The van der Waals surface area contributed by atoms with Gasteiger partial charge in [-0.05, 0) is 36.3 Å². The van der Waals surface area contributed by atoms with Crippen molar-refractivity contribution >= 4 is 17.6 Å². The molecule has 5 nitrogen and oxygen atoms in total. The number of nitrogens with zero attached hydrogens (tertiary/aromatic N) is 1. The van der Waals surface area contributed by atoms with Crippen LogP contribution in [0.5, 0.6) is 0 Å². The van der Waals surface area contributed by atoms with Crippen LogP contribution in [0.3, 0.4) is 0 Å². The van der Waals surface area contributed by atoms with E-state index in [1.165, 1.54) is 31.1 Å². The Morgan fingerprint density at radius 2 is 1.75 bits per heavy atom. The third kappa shape index (κ3) is 4.49. The van der Waals surface area contributed by atoms with Crippen molar-refractivity contribution in [1.82, 2.24) is 4.90 Å². The highest BCUT2D eigenvalue weighted by atomic mass is 16.5. The largest absolute Gasteiger partial charge is 0.370 e. The van der Waals surface area contributed by atoms with Crippen molar-refractivity contribution in [3.8, 4) is 0 Å². The molecule has 24 heavy (non-hydrogen) atoms. The van der Waals surface area contributed by atoms with E-state index in [0.717, 1.165) is 5.56 Å². The number of carbonyl (C=O) groups excluding carboxylic acids is 3. The van der Waals surface area contributed by atoms with Gasteiger partial charge in [0.2, 0.25) is 11.8 Å². The standard InChI is InChI=1S/C19H21NO4/c1-15(21)20(14-16-6-4-3-5-7-16)18(23)10-13-19(24-2)11-8-17(22)9-12-19/h3-9,11-12H,10,13-14H2,1-2H3. The maximum Gasteiger partial charge on any atom is 0.229 e. The summed E-state index contributed by atoms with van der Waals surface area (Å²) in [5.41, 5.74) is 0.115. The number of methoxy groups -OCH3 is 1. The molecule has 1 aliphatic carbocycles. The molecule has 0 saturated heterocycles. The first-order valence-corrected chi connectivity index (χ1v) is 7.78. The number of ketones is 1. The van der Waals surface area contributed by atoms with Crippen molar-refractivity contribution in [2.45, 2.75) is 31.9 Å². The molecule has 5 heteroatoms. The quantitative estimate of drug-likeness (QED) is 0.805. The third-order valence-corrected chi connectivity index (χ3v) is 4.03. The molecule has 0 fully saturated rings. The van der Waals surface area contributed by atoms with Crippen LogP contribution < -0.4 is 0 Å². The Kier molecular flexibility index (Phi) is 5.82. The minimum Gasteiger partial charge on any atom is -0.370 e. The predicted molar refractivity (Wildman–Crippen MR) is 89.9 cm³/mol. The van der Waals surface area contributed by atoms with Gasteiger partial charge in [0.1, 0.15) is 5.60 Å². The lowest BCUT2D eigenvalue weighted by atomic mass is 9.92. The summed E-state index contributed by atoms with van der Waals surface area (Å²) in [6.07, 6.45) is 6.67. The molecular weight excluding hydrogens is 306 g/mol. The molecule has 1 aromatic carbocycles. The zero-order valence-corrected chi connectivity index (χ0v) is 13.9. The number of hydrogen-bond acceptors (Lipinski definition) is 4. The summed E-state index contributed by atoms with van der Waals surface area (Å²) in [6, 6.07) is 9.37. The lowest BCUT2D eigenvalue weighted by molar-refractivity contribution is -0.144. The fraction of sp³-hybridized carbons (Fsp3) is 0.316. The highest BCUT2D eigenvalue weighted by Gasteiger charge is 2.29. The van der Waals surface area contributed by atoms with E-state index in [1.807, 2.05) is 30.3 Å². The number of imide groups is 1. The number of ether oxygens (including phenoxy) is 1. The zero-order valence-electron chi connectivity index (χ0n) is 13.9. The van der Waals surface area contributed by atoms with Crippen molar-refractivity contribution in [3.63, 3.8) is 0 Å². The van der Waals surface area contributed by atoms with Gasteiger partial charge in [-0.2, -0.15) is 0 Å². The summed E-state index contributed by atoms with van der Waals surface area (Å²) >= 11 is 0. The lowest BCUT2D eigenvalue weighted by Gasteiger charge is -2.28. The molecule has 0 heterocycles. The van der Waals surface area contributed by atoms with Crippen molar-refractivity contribution in [2.75, 3.05) is 7.11 Å². The first kappa shape index (κ1) is 17.8. The summed E-state index contributed by atoms with van der Waals surface area (Å²) in [5.74, 6) is -0.662. The van der Waals surface area contributed by atoms with E-state index in [9.17, 15) is 14.4 Å². The van der Waals surface area contributed by atoms with Gasteiger partial charge in [-0.1, -0.05) is 30.3 Å². The van der Waals surface area contributed by atoms with Gasteiger partial charge >= 0.3 is 0 Å². The molecule has 0 radical (unpaired) electrons. The normalized spacial score (nSPS) is 15.3. The van der Waals surface area contributed by atoms with Gasteiger partial charge in [-0.15, -0.1) is 0 Å². The second kappa shape index (κ2) is 7.84. The maximum atomic E-state index is 12.5. The molecule has 126 valence electrons. The van der Waals surface area contributed by atoms with Gasteiger partial charge in [-0.25, -0.2) is 0 Å². The van der Waals surface area contributed by atoms with Gasteiger partial charge in [0.05, 0.1) is 6.54 Å². The van der Waals surface area contributed by atoms with Crippen LogP contribution in [0.25, 0.3) is 0 Å². The average molecular weight is 327 g/mol. The molecule has 0 aliphatic heterocycles. The number of carbonyl (C=O) groups is 3. The topological polar surface area (TPSA) is 63.7 Å². The third-order valence-electron chi connectivity index (χ3n) is 4.03. The van der Waals surface area contributed by atoms with Crippen LogP contribution in [0, 0.1) is 0 Å². The van der Waals surface area contributed by atoms with Crippen molar-refractivity contribution in [1.29, 1.82) is 0 Å². The predicted octanol–water partition coefficient (Wildman–Crippen LogP) is 2.42. The van der Waals surface area contributed by atoms with Crippen LogP contribution in [0.15, 0.2) is 54.6 Å². The van der Waals surface area contributed by atoms with Crippen LogP contribution >= 0.6 is 0 Å². The van der Waals surface area contributed by atoms with E-state index in [-0.39, 0.29) is 30.6 Å². The van der Waals surface area contributed by atoms with E-state index < -0.39 is 5.60 Å². The Bertz CT molecular complexity index is 660. The Morgan fingerprint density at radius 3 is 2.29 bits per heavy atom. The molecular formula is C19H21NO4. The smallest absolute Gasteiger partial charge is 0.229 e. The molecule has 2 amide bonds. The van der Waals surface area contributed by atoms with Gasteiger partial charge in [0.25, 0.3) is 0 Å². The number of amides is 2. The minimum absolute atomic E-state index is 0.108. The fourth-order valence-electron chi connectivity index (χ4n) is 2.54. The first-order valence-electron chi connectivity index (χ1n) is 7.78. The van der Waals surface area contributed by atoms with Gasteiger partial charge in [0, 0.05) is 20.5 Å². The van der Waals surface area contributed by atoms with Crippen LogP contribution in [0.1, 0.15) is 25.3 Å². The highest BCUT2D eigenvalue weighted by Crippen LogP contribution is 2.25. The molecule has 0 spiro atoms.